The van der Waals surface area contributed by atoms with Gasteiger partial charge >= 0.3 is 0 Å². The SMILES string of the molecule is CN(C)C(=O)CN=C(NC1CCc2ccccc2C1)N1CCC2(CCC2)C1. The predicted molar refractivity (Wildman–Crippen MR) is 109 cm³/mol. The van der Waals surface area contributed by atoms with Crippen molar-refractivity contribution in [3.63, 3.8) is 0 Å². The largest absolute Gasteiger partial charge is 0.353 e. The average Bonchev–Trinajstić information content (AvgIpc) is 3.10. The maximum atomic E-state index is 12.1. The minimum absolute atomic E-state index is 0.0563. The third-order valence-electron chi connectivity index (χ3n) is 6.70. The van der Waals surface area contributed by atoms with E-state index in [1.54, 1.807) is 19.0 Å². The number of carbonyl (C=O) groups excluding carboxylic acids is 1. The summed E-state index contributed by atoms with van der Waals surface area (Å²) < 4.78 is 0. The summed E-state index contributed by atoms with van der Waals surface area (Å²) in [4.78, 5) is 20.9. The van der Waals surface area contributed by atoms with Crippen LogP contribution in [0.1, 0.15) is 43.2 Å². The first-order valence-electron chi connectivity index (χ1n) is 10.4. The number of aryl methyl sites for hydroxylation is 1. The van der Waals surface area contributed by atoms with Crippen LogP contribution in [-0.2, 0) is 17.6 Å². The molecule has 0 radical (unpaired) electrons. The van der Waals surface area contributed by atoms with E-state index in [0.717, 1.165) is 38.3 Å². The fraction of sp³-hybridized carbons (Fsp3) is 0.636. The van der Waals surface area contributed by atoms with E-state index in [0.29, 0.717) is 11.5 Å². The van der Waals surface area contributed by atoms with Gasteiger partial charge in [-0.2, -0.15) is 0 Å². The second-order valence-corrected chi connectivity index (χ2v) is 8.81. The molecule has 5 nitrogen and oxygen atoms in total. The molecule has 1 unspecified atom stereocenters. The van der Waals surface area contributed by atoms with Crippen LogP contribution >= 0.6 is 0 Å². The number of rotatable bonds is 3. The molecule has 3 aliphatic rings. The summed E-state index contributed by atoms with van der Waals surface area (Å²) in [6, 6.07) is 9.15. The molecule has 1 aromatic rings. The number of aliphatic imine (C=N–C) groups is 1. The summed E-state index contributed by atoms with van der Waals surface area (Å²) in [5.41, 5.74) is 3.45. The van der Waals surface area contributed by atoms with Crippen LogP contribution in [0, 0.1) is 5.41 Å². The van der Waals surface area contributed by atoms with E-state index < -0.39 is 0 Å². The average molecular weight is 369 g/mol. The Labute approximate surface area is 162 Å². The van der Waals surface area contributed by atoms with Gasteiger partial charge in [0, 0.05) is 33.2 Å². The molecule has 2 aliphatic carbocycles. The molecule has 2 fully saturated rings. The maximum Gasteiger partial charge on any atom is 0.243 e. The lowest BCUT2D eigenvalue weighted by Gasteiger charge is -2.38. The van der Waals surface area contributed by atoms with E-state index >= 15 is 0 Å². The fourth-order valence-corrected chi connectivity index (χ4v) is 4.73. The highest BCUT2D eigenvalue weighted by Gasteiger charge is 2.43. The van der Waals surface area contributed by atoms with E-state index in [-0.39, 0.29) is 12.5 Å². The number of amides is 1. The zero-order chi connectivity index (χ0) is 18.9. The molecule has 1 N–H and O–H groups in total. The van der Waals surface area contributed by atoms with E-state index in [4.69, 9.17) is 4.99 Å². The molecule has 1 heterocycles. The van der Waals surface area contributed by atoms with Gasteiger partial charge in [-0.25, -0.2) is 4.99 Å². The molecule has 0 bridgehead atoms. The van der Waals surface area contributed by atoms with E-state index in [1.165, 1.54) is 36.8 Å². The predicted octanol–water partition coefficient (Wildman–Crippen LogP) is 2.45. The van der Waals surface area contributed by atoms with Crippen LogP contribution in [0.2, 0.25) is 0 Å². The summed E-state index contributed by atoms with van der Waals surface area (Å²) in [5.74, 6) is 0.999. The van der Waals surface area contributed by atoms with Gasteiger partial charge in [-0.1, -0.05) is 30.7 Å². The van der Waals surface area contributed by atoms with Gasteiger partial charge in [0.05, 0.1) is 0 Å². The monoisotopic (exact) mass is 368 g/mol. The Bertz CT molecular complexity index is 723. The van der Waals surface area contributed by atoms with Gasteiger partial charge in [0.1, 0.15) is 6.54 Å². The van der Waals surface area contributed by atoms with Crippen LogP contribution in [0.4, 0.5) is 0 Å². The fourth-order valence-electron chi connectivity index (χ4n) is 4.73. The van der Waals surface area contributed by atoms with Gasteiger partial charge in [0.15, 0.2) is 5.96 Å². The molecule has 4 rings (SSSR count). The molecule has 1 amide bonds. The summed E-state index contributed by atoms with van der Waals surface area (Å²) in [6.07, 6.45) is 8.61. The summed E-state index contributed by atoms with van der Waals surface area (Å²) in [6.45, 7) is 2.38. The Morgan fingerprint density at radius 2 is 2.04 bits per heavy atom. The highest BCUT2D eigenvalue weighted by Crippen LogP contribution is 2.47. The zero-order valence-corrected chi connectivity index (χ0v) is 16.7. The first kappa shape index (κ1) is 18.3. The number of benzene rings is 1. The zero-order valence-electron chi connectivity index (χ0n) is 16.7. The number of fused-ring (bicyclic) bond motifs is 1. The number of likely N-dealkylation sites (tertiary alicyclic amines) is 1. The van der Waals surface area contributed by atoms with Gasteiger partial charge in [0.2, 0.25) is 5.91 Å². The Kier molecular flexibility index (Phi) is 5.11. The molecule has 5 heteroatoms. The first-order chi connectivity index (χ1) is 13.0. The minimum Gasteiger partial charge on any atom is -0.353 e. The smallest absolute Gasteiger partial charge is 0.243 e. The van der Waals surface area contributed by atoms with Crippen LogP contribution in [0.25, 0.3) is 0 Å². The van der Waals surface area contributed by atoms with Gasteiger partial charge in [-0.05, 0) is 55.1 Å². The van der Waals surface area contributed by atoms with Crippen molar-refractivity contribution in [2.75, 3.05) is 33.7 Å². The molecule has 27 heavy (non-hydrogen) atoms. The number of nitrogens with one attached hydrogen (secondary N) is 1. The quantitative estimate of drug-likeness (QED) is 0.659. The topological polar surface area (TPSA) is 47.9 Å². The minimum atomic E-state index is 0.0563. The lowest BCUT2D eigenvalue weighted by molar-refractivity contribution is -0.127. The number of carbonyl (C=O) groups is 1. The number of hydrogen-bond donors (Lipinski definition) is 1. The second kappa shape index (κ2) is 7.53. The maximum absolute atomic E-state index is 12.1. The van der Waals surface area contributed by atoms with Crippen molar-refractivity contribution < 1.29 is 4.79 Å². The standard InChI is InChI=1S/C22H32N4O/c1-25(2)20(27)15-23-21(26-13-12-22(16-26)10-5-11-22)24-19-9-8-17-6-3-4-7-18(17)14-19/h3-4,6-7,19H,5,8-16H2,1-2H3,(H,23,24). The van der Waals surface area contributed by atoms with E-state index in [9.17, 15) is 4.79 Å². The molecule has 0 aromatic heterocycles. The van der Waals surface area contributed by atoms with Crippen LogP contribution < -0.4 is 5.32 Å². The highest BCUT2D eigenvalue weighted by atomic mass is 16.2. The van der Waals surface area contributed by atoms with Crippen molar-refractivity contribution in [1.29, 1.82) is 0 Å². The lowest BCUT2D eigenvalue weighted by atomic mass is 9.68. The lowest BCUT2D eigenvalue weighted by Crippen LogP contribution is -2.48. The third kappa shape index (κ3) is 3.97. The van der Waals surface area contributed by atoms with Gasteiger partial charge in [-0.3, -0.25) is 4.79 Å². The summed E-state index contributed by atoms with van der Waals surface area (Å²) in [5, 5.41) is 3.72. The van der Waals surface area contributed by atoms with Crippen molar-refractivity contribution in [3.05, 3.63) is 35.4 Å². The summed E-state index contributed by atoms with van der Waals surface area (Å²) in [7, 11) is 3.59. The molecular formula is C22H32N4O. The molecule has 1 aromatic carbocycles. The van der Waals surface area contributed by atoms with Crippen molar-refractivity contribution in [2.24, 2.45) is 10.4 Å². The highest BCUT2D eigenvalue weighted by molar-refractivity contribution is 5.85. The van der Waals surface area contributed by atoms with Crippen LogP contribution in [-0.4, -0.2) is 61.4 Å². The van der Waals surface area contributed by atoms with Crippen molar-refractivity contribution >= 4 is 11.9 Å². The molecular weight excluding hydrogens is 336 g/mol. The molecule has 1 atom stereocenters. The number of likely N-dealkylation sites (N-methyl/N-ethyl adjacent to an activating group) is 1. The van der Waals surface area contributed by atoms with E-state index in [2.05, 4.69) is 34.5 Å². The van der Waals surface area contributed by atoms with Crippen LogP contribution in [0.15, 0.2) is 29.3 Å². The first-order valence-corrected chi connectivity index (χ1v) is 10.4. The van der Waals surface area contributed by atoms with Gasteiger partial charge in [-0.15, -0.1) is 0 Å². The normalized spacial score (nSPS) is 23.7. The van der Waals surface area contributed by atoms with Crippen molar-refractivity contribution in [3.8, 4) is 0 Å². The van der Waals surface area contributed by atoms with Crippen LogP contribution in [0.5, 0.6) is 0 Å². The third-order valence-corrected chi connectivity index (χ3v) is 6.70. The van der Waals surface area contributed by atoms with Crippen molar-refractivity contribution in [2.45, 2.75) is 51.0 Å². The second-order valence-electron chi connectivity index (χ2n) is 8.81. The Balaban J connectivity index is 1.46. The number of nitrogens with zero attached hydrogens (tertiary/aromatic N) is 3. The number of guanidine groups is 1. The van der Waals surface area contributed by atoms with Gasteiger partial charge < -0.3 is 15.1 Å². The molecule has 1 saturated heterocycles. The van der Waals surface area contributed by atoms with Gasteiger partial charge in [0.25, 0.3) is 0 Å². The van der Waals surface area contributed by atoms with Crippen LogP contribution in [0.3, 0.4) is 0 Å². The Hall–Kier alpha value is -2.04. The Morgan fingerprint density at radius 1 is 1.26 bits per heavy atom. The van der Waals surface area contributed by atoms with E-state index in [1.807, 2.05) is 0 Å². The van der Waals surface area contributed by atoms with Crippen molar-refractivity contribution in [1.82, 2.24) is 15.1 Å². The Morgan fingerprint density at radius 3 is 2.70 bits per heavy atom. The molecule has 1 spiro atoms. The molecule has 1 aliphatic heterocycles. The summed E-state index contributed by atoms with van der Waals surface area (Å²) >= 11 is 0. The molecule has 1 saturated carbocycles. The number of hydrogen-bond acceptors (Lipinski definition) is 2. The molecule has 146 valence electrons.